The highest BCUT2D eigenvalue weighted by molar-refractivity contribution is 7.13. The van der Waals surface area contributed by atoms with E-state index in [0.29, 0.717) is 10.3 Å². The van der Waals surface area contributed by atoms with Crippen LogP contribution in [0.5, 0.6) is 5.75 Å². The van der Waals surface area contributed by atoms with Crippen LogP contribution in [0, 0.1) is 17.5 Å². The lowest BCUT2D eigenvalue weighted by Gasteiger charge is -2.25. The van der Waals surface area contributed by atoms with Crippen molar-refractivity contribution in [2.24, 2.45) is 0 Å². The Morgan fingerprint density at radius 1 is 1.17 bits per heavy atom. The van der Waals surface area contributed by atoms with Crippen LogP contribution in [0.4, 0.5) is 18.9 Å². The number of hydrogen-bond donors (Lipinski definition) is 2. The van der Waals surface area contributed by atoms with Gasteiger partial charge in [0, 0.05) is 24.2 Å². The highest BCUT2D eigenvalue weighted by Gasteiger charge is 2.22. The van der Waals surface area contributed by atoms with Gasteiger partial charge in [-0.25, -0.2) is 27.3 Å². The molecule has 0 fully saturated rings. The second-order valence-corrected chi connectivity index (χ2v) is 8.30. The Bertz CT molecular complexity index is 1580. The van der Waals surface area contributed by atoms with Crippen LogP contribution < -0.4 is 20.9 Å². The second kappa shape index (κ2) is 9.29. The Balaban J connectivity index is 1.86. The number of carboxylic acid groups (broad SMARTS) is 1. The number of H-pyrrole nitrogens is 1. The summed E-state index contributed by atoms with van der Waals surface area (Å²) in [4.78, 5) is 40.9. The first kappa shape index (κ1) is 24.1. The molecular weight excluding hydrogens is 487 g/mol. The van der Waals surface area contributed by atoms with Gasteiger partial charge in [0.25, 0.3) is 5.56 Å². The first-order chi connectivity index (χ1) is 16.7. The van der Waals surface area contributed by atoms with Crippen LogP contribution in [0.25, 0.3) is 16.6 Å². The number of nitrogens with one attached hydrogen (secondary N) is 1. The molecule has 0 unspecified atom stereocenters. The van der Waals surface area contributed by atoms with E-state index in [4.69, 9.17) is 4.74 Å². The molecular formula is C23H18F3N3O5S. The van der Waals surface area contributed by atoms with E-state index in [1.165, 1.54) is 30.7 Å². The van der Waals surface area contributed by atoms with Crippen LogP contribution in [0.2, 0.25) is 0 Å². The van der Waals surface area contributed by atoms with Crippen molar-refractivity contribution in [1.82, 2.24) is 9.55 Å². The number of nitrogens with zero attached hydrogens (tertiary/aromatic N) is 2. The molecule has 4 aromatic rings. The number of aromatic carboxylic acids is 1. The fourth-order valence-corrected chi connectivity index (χ4v) is 4.60. The average molecular weight is 505 g/mol. The molecule has 35 heavy (non-hydrogen) atoms. The molecule has 0 radical (unpaired) electrons. The highest BCUT2D eigenvalue weighted by atomic mass is 32.1. The van der Waals surface area contributed by atoms with E-state index in [9.17, 15) is 32.7 Å². The number of halogens is 3. The zero-order valence-electron chi connectivity index (χ0n) is 18.4. The topological polar surface area (TPSA) is 105 Å². The average Bonchev–Trinajstić information content (AvgIpc) is 3.26. The Morgan fingerprint density at radius 2 is 1.89 bits per heavy atom. The number of anilines is 1. The van der Waals surface area contributed by atoms with Crippen LogP contribution in [0.1, 0.15) is 22.2 Å². The molecule has 0 saturated heterocycles. The molecule has 182 valence electrons. The van der Waals surface area contributed by atoms with Crippen molar-refractivity contribution in [3.8, 4) is 11.4 Å². The number of fused-ring (bicyclic) bond motifs is 1. The third kappa shape index (κ3) is 4.16. The maximum Gasteiger partial charge on any atom is 0.346 e. The first-order valence-electron chi connectivity index (χ1n) is 10.2. The lowest BCUT2D eigenvalue weighted by molar-refractivity contribution is 0.0704. The van der Waals surface area contributed by atoms with Crippen LogP contribution in [-0.2, 0) is 6.54 Å². The van der Waals surface area contributed by atoms with Gasteiger partial charge in [-0.15, -0.1) is 11.3 Å². The molecule has 4 rings (SSSR count). The Kier molecular flexibility index (Phi) is 6.39. The molecule has 8 nitrogen and oxygen atoms in total. The van der Waals surface area contributed by atoms with Crippen molar-refractivity contribution in [3.05, 3.63) is 84.4 Å². The fourth-order valence-electron chi connectivity index (χ4n) is 3.77. The monoisotopic (exact) mass is 505 g/mol. The summed E-state index contributed by atoms with van der Waals surface area (Å²) < 4.78 is 48.9. The summed E-state index contributed by atoms with van der Waals surface area (Å²) in [6.45, 7) is 1.83. The van der Waals surface area contributed by atoms with Crippen LogP contribution in [0.15, 0.2) is 45.3 Å². The number of carboxylic acids is 1. The van der Waals surface area contributed by atoms with Gasteiger partial charge < -0.3 is 19.7 Å². The number of hydrogen-bond acceptors (Lipinski definition) is 6. The molecule has 0 bridgehead atoms. The van der Waals surface area contributed by atoms with Crippen molar-refractivity contribution in [1.29, 1.82) is 0 Å². The summed E-state index contributed by atoms with van der Waals surface area (Å²) in [6.07, 6.45) is 0. The number of thiophene rings is 1. The predicted octanol–water partition coefficient (Wildman–Crippen LogP) is 3.89. The summed E-state index contributed by atoms with van der Waals surface area (Å²) in [5, 5.41) is 10.4. The standard InChI is InChI=1S/C23H18F3N3O5S/c1-3-28(9-12-17(34-2)7-6-14(25)19(12)26)11-4-5-13(24)16(8-11)29-21(30)18-15(27-23(29)33)10-35-20(18)22(31)32/h4-8,10H,3,9H2,1-2H3,(H,27,33)(H,31,32). The van der Waals surface area contributed by atoms with E-state index in [1.54, 1.807) is 11.8 Å². The first-order valence-corrected chi connectivity index (χ1v) is 11.1. The molecule has 0 spiro atoms. The summed E-state index contributed by atoms with van der Waals surface area (Å²) in [5.74, 6) is -4.33. The maximum atomic E-state index is 14.9. The summed E-state index contributed by atoms with van der Waals surface area (Å²) in [5.41, 5.74) is -2.14. The van der Waals surface area contributed by atoms with Gasteiger partial charge in [0.1, 0.15) is 16.4 Å². The third-order valence-corrected chi connectivity index (χ3v) is 6.45. The van der Waals surface area contributed by atoms with E-state index in [2.05, 4.69) is 4.98 Å². The molecule has 2 heterocycles. The highest BCUT2D eigenvalue weighted by Crippen LogP contribution is 2.29. The minimum atomic E-state index is -1.36. The summed E-state index contributed by atoms with van der Waals surface area (Å²) in [6, 6.07) is 5.81. The number of methoxy groups -OCH3 is 1. The molecule has 2 aromatic carbocycles. The van der Waals surface area contributed by atoms with Gasteiger partial charge in [0.15, 0.2) is 11.6 Å². The Morgan fingerprint density at radius 3 is 2.54 bits per heavy atom. The molecule has 0 aliphatic heterocycles. The maximum absolute atomic E-state index is 14.9. The number of carbonyl (C=O) groups is 1. The van der Waals surface area contributed by atoms with Gasteiger partial charge in [-0.05, 0) is 37.3 Å². The second-order valence-electron chi connectivity index (χ2n) is 7.42. The van der Waals surface area contributed by atoms with Gasteiger partial charge >= 0.3 is 11.7 Å². The van der Waals surface area contributed by atoms with E-state index < -0.39 is 40.4 Å². The molecule has 0 aliphatic carbocycles. The molecule has 0 saturated carbocycles. The number of aromatic nitrogens is 2. The quantitative estimate of drug-likeness (QED) is 0.395. The van der Waals surface area contributed by atoms with Crippen molar-refractivity contribution in [2.75, 3.05) is 18.6 Å². The van der Waals surface area contributed by atoms with E-state index in [-0.39, 0.29) is 40.2 Å². The molecule has 2 N–H and O–H groups in total. The fraction of sp³-hybridized carbons (Fsp3) is 0.174. The molecule has 2 aromatic heterocycles. The van der Waals surface area contributed by atoms with Gasteiger partial charge in [-0.1, -0.05) is 0 Å². The summed E-state index contributed by atoms with van der Waals surface area (Å²) in [7, 11) is 1.31. The van der Waals surface area contributed by atoms with E-state index in [0.717, 1.165) is 23.5 Å². The van der Waals surface area contributed by atoms with E-state index >= 15 is 0 Å². The van der Waals surface area contributed by atoms with Crippen LogP contribution in [0.3, 0.4) is 0 Å². The normalized spacial score (nSPS) is 11.1. The molecule has 0 atom stereocenters. The van der Waals surface area contributed by atoms with Crippen molar-refractivity contribution in [2.45, 2.75) is 13.5 Å². The Hall–Kier alpha value is -4.06. The molecule has 12 heteroatoms. The van der Waals surface area contributed by atoms with Gasteiger partial charge in [0.2, 0.25) is 0 Å². The van der Waals surface area contributed by atoms with Crippen LogP contribution in [-0.4, -0.2) is 34.3 Å². The van der Waals surface area contributed by atoms with Crippen LogP contribution >= 0.6 is 11.3 Å². The Labute approximate surface area is 199 Å². The minimum absolute atomic E-state index is 0.0269. The zero-order chi connectivity index (χ0) is 25.4. The number of aromatic amines is 1. The number of benzene rings is 2. The largest absolute Gasteiger partial charge is 0.496 e. The van der Waals surface area contributed by atoms with Crippen molar-refractivity contribution < 1.29 is 27.8 Å². The van der Waals surface area contributed by atoms with Gasteiger partial charge in [-0.3, -0.25) is 4.79 Å². The smallest absolute Gasteiger partial charge is 0.346 e. The van der Waals surface area contributed by atoms with E-state index in [1.807, 2.05) is 0 Å². The number of ether oxygens (including phenoxy) is 1. The predicted molar refractivity (Wildman–Crippen MR) is 125 cm³/mol. The summed E-state index contributed by atoms with van der Waals surface area (Å²) >= 11 is 0.758. The van der Waals surface area contributed by atoms with Gasteiger partial charge in [0.05, 0.1) is 29.3 Å². The van der Waals surface area contributed by atoms with Crippen molar-refractivity contribution in [3.63, 3.8) is 0 Å². The zero-order valence-corrected chi connectivity index (χ0v) is 19.2. The lowest BCUT2D eigenvalue weighted by Crippen LogP contribution is -2.34. The minimum Gasteiger partial charge on any atom is -0.496 e. The van der Waals surface area contributed by atoms with Gasteiger partial charge in [-0.2, -0.15) is 0 Å². The SMILES string of the molecule is CCN(Cc1c(OC)ccc(F)c1F)c1ccc(F)c(-n2c(=O)[nH]c3csc(C(=O)O)c3c2=O)c1. The molecule has 0 amide bonds. The molecule has 0 aliphatic rings. The van der Waals surface area contributed by atoms with Crippen molar-refractivity contribution >= 4 is 33.9 Å². The third-order valence-electron chi connectivity index (χ3n) is 5.49. The lowest BCUT2D eigenvalue weighted by atomic mass is 10.1. The number of rotatable bonds is 7.